The molecular weight excluding hydrogens is 817 g/mol. The first-order chi connectivity index (χ1) is 31.3. The minimum atomic E-state index is -0.370. The zero-order valence-corrected chi connectivity index (χ0v) is 44.1. The quantitative estimate of drug-likeness (QED) is 0.0969. The lowest BCUT2D eigenvalue weighted by molar-refractivity contribution is -0.0840. The van der Waals surface area contributed by atoms with Crippen LogP contribution in [0.25, 0.3) is 0 Å². The zero-order chi connectivity index (χ0) is 49.0. The average Bonchev–Trinajstić information content (AvgIpc) is 3.27. The zero-order valence-electron chi connectivity index (χ0n) is 44.1. The molecule has 0 radical (unpaired) electrons. The third-order valence-electron chi connectivity index (χ3n) is 14.4. The van der Waals surface area contributed by atoms with E-state index >= 15 is 0 Å². The molecule has 6 rings (SSSR count). The fraction of sp³-hybridized carbons (Fsp3) is 0.438. The maximum absolute atomic E-state index is 8.16. The molecule has 0 aromatic heterocycles. The SMILES string of the molecule is CCC(C)(c1ccc(C(C)(C)C)c(C(C)(C)C)c1)C(Cc1cccc(Oc2ccccc2)c1)OC(Cc1cccc(Oc2ccccc2)c1)C(C)(CC)c1ccc(C(C)(C)C)c(C(C)(C)C)c1. The second-order valence-corrected chi connectivity index (χ2v) is 23.7. The van der Waals surface area contributed by atoms with Gasteiger partial charge in [0.2, 0.25) is 0 Å². The van der Waals surface area contributed by atoms with Crippen LogP contribution in [0.5, 0.6) is 23.0 Å². The van der Waals surface area contributed by atoms with E-state index in [1.165, 1.54) is 44.5 Å². The van der Waals surface area contributed by atoms with E-state index in [2.05, 4.69) is 196 Å². The van der Waals surface area contributed by atoms with Gasteiger partial charge in [-0.25, -0.2) is 0 Å². The van der Waals surface area contributed by atoms with Crippen LogP contribution < -0.4 is 9.47 Å². The minimum Gasteiger partial charge on any atom is -0.457 e. The molecule has 4 unspecified atom stereocenters. The van der Waals surface area contributed by atoms with Gasteiger partial charge in [-0.15, -0.1) is 0 Å². The molecule has 0 saturated heterocycles. The molecule has 6 aromatic carbocycles. The molecule has 4 atom stereocenters. The molecule has 0 aliphatic carbocycles. The van der Waals surface area contributed by atoms with E-state index in [1.807, 2.05) is 60.7 Å². The summed E-state index contributed by atoms with van der Waals surface area (Å²) >= 11 is 0. The van der Waals surface area contributed by atoms with E-state index in [9.17, 15) is 0 Å². The highest BCUT2D eigenvalue weighted by Crippen LogP contribution is 2.46. The molecule has 356 valence electrons. The van der Waals surface area contributed by atoms with Crippen molar-refractivity contribution < 1.29 is 14.2 Å². The summed E-state index contributed by atoms with van der Waals surface area (Å²) < 4.78 is 21.1. The number of benzene rings is 6. The summed E-state index contributed by atoms with van der Waals surface area (Å²) in [5, 5.41) is 0. The highest BCUT2D eigenvalue weighted by molar-refractivity contribution is 5.46. The van der Waals surface area contributed by atoms with Crippen molar-refractivity contribution >= 4 is 0 Å². The second kappa shape index (κ2) is 20.2. The van der Waals surface area contributed by atoms with Gasteiger partial charge in [0.1, 0.15) is 23.0 Å². The molecule has 0 bridgehead atoms. The maximum Gasteiger partial charge on any atom is 0.127 e. The van der Waals surface area contributed by atoms with Crippen LogP contribution in [0.2, 0.25) is 0 Å². The van der Waals surface area contributed by atoms with Gasteiger partial charge in [0.25, 0.3) is 0 Å². The molecule has 0 aliphatic heterocycles. The monoisotopic (exact) mass is 899 g/mol. The first kappa shape index (κ1) is 51.3. The summed E-state index contributed by atoms with van der Waals surface area (Å²) in [5.41, 5.74) is 9.74. The molecule has 3 heteroatoms. The molecule has 67 heavy (non-hydrogen) atoms. The number of ether oxygens (including phenoxy) is 3. The number of hydrogen-bond donors (Lipinski definition) is 0. The average molecular weight is 899 g/mol. The van der Waals surface area contributed by atoms with Gasteiger partial charge in [-0.3, -0.25) is 0 Å². The van der Waals surface area contributed by atoms with Crippen molar-refractivity contribution in [1.29, 1.82) is 0 Å². The van der Waals surface area contributed by atoms with Crippen LogP contribution in [-0.2, 0) is 50.1 Å². The van der Waals surface area contributed by atoms with Crippen molar-refractivity contribution in [3.63, 3.8) is 0 Å². The number of hydrogen-bond acceptors (Lipinski definition) is 3. The predicted octanol–water partition coefficient (Wildman–Crippen LogP) is 17.7. The van der Waals surface area contributed by atoms with Gasteiger partial charge >= 0.3 is 0 Å². The maximum atomic E-state index is 8.16. The summed E-state index contributed by atoms with van der Waals surface area (Å²) in [6.07, 6.45) is 2.75. The molecule has 0 saturated carbocycles. The van der Waals surface area contributed by atoms with E-state index in [-0.39, 0.29) is 44.7 Å². The Labute approximate surface area is 406 Å². The van der Waals surface area contributed by atoms with Gasteiger partial charge in [0, 0.05) is 10.8 Å². The van der Waals surface area contributed by atoms with E-state index < -0.39 is 0 Å². The lowest BCUT2D eigenvalue weighted by atomic mass is 9.67. The Morgan fingerprint density at radius 1 is 0.343 bits per heavy atom. The Hall–Kier alpha value is -5.12. The third kappa shape index (κ3) is 12.3. The highest BCUT2D eigenvalue weighted by Gasteiger charge is 2.44. The lowest BCUT2D eigenvalue weighted by Gasteiger charge is -2.46. The summed E-state index contributed by atoms with van der Waals surface area (Å²) in [6.45, 7) is 37.7. The Bertz CT molecular complexity index is 2360. The van der Waals surface area contributed by atoms with Crippen LogP contribution in [0.3, 0.4) is 0 Å². The first-order valence-corrected chi connectivity index (χ1v) is 25.0. The van der Waals surface area contributed by atoms with Gasteiger partial charge in [0.15, 0.2) is 0 Å². The minimum absolute atomic E-state index is 0.0000967. The van der Waals surface area contributed by atoms with Crippen molar-refractivity contribution in [1.82, 2.24) is 0 Å². The van der Waals surface area contributed by atoms with Gasteiger partial charge in [-0.1, -0.05) is 208 Å². The van der Waals surface area contributed by atoms with E-state index in [1.54, 1.807) is 0 Å². The fourth-order valence-corrected chi connectivity index (χ4v) is 9.78. The molecule has 0 aliphatic rings. The van der Waals surface area contributed by atoms with Crippen molar-refractivity contribution in [3.05, 3.63) is 190 Å². The number of para-hydroxylation sites is 2. The molecule has 0 heterocycles. The van der Waals surface area contributed by atoms with Crippen LogP contribution in [0.15, 0.2) is 146 Å². The summed E-state index contributed by atoms with van der Waals surface area (Å²) in [5.74, 6) is 3.29. The topological polar surface area (TPSA) is 27.7 Å². The number of rotatable bonds is 16. The Morgan fingerprint density at radius 2 is 0.672 bits per heavy atom. The van der Waals surface area contributed by atoms with Gasteiger partial charge in [-0.2, -0.15) is 0 Å². The van der Waals surface area contributed by atoms with Crippen LogP contribution in [-0.4, -0.2) is 12.2 Å². The van der Waals surface area contributed by atoms with Crippen molar-refractivity contribution in [3.8, 4) is 23.0 Å². The molecule has 6 aromatic rings. The normalized spacial score (nSPS) is 15.3. The van der Waals surface area contributed by atoms with Crippen molar-refractivity contribution in [2.75, 3.05) is 0 Å². The third-order valence-corrected chi connectivity index (χ3v) is 14.4. The molecule has 3 nitrogen and oxygen atoms in total. The summed E-state index contributed by atoms with van der Waals surface area (Å²) in [6, 6.07) is 52.1. The van der Waals surface area contributed by atoms with Crippen molar-refractivity contribution in [2.45, 2.75) is 181 Å². The Morgan fingerprint density at radius 3 is 0.985 bits per heavy atom. The molecular formula is C64H82O3. The van der Waals surface area contributed by atoms with E-state index in [0.717, 1.165) is 35.8 Å². The first-order valence-electron chi connectivity index (χ1n) is 25.0. The smallest absolute Gasteiger partial charge is 0.127 e. The van der Waals surface area contributed by atoms with Gasteiger partial charge < -0.3 is 14.2 Å². The van der Waals surface area contributed by atoms with Crippen LogP contribution in [0, 0.1) is 0 Å². The van der Waals surface area contributed by atoms with Crippen LogP contribution in [0.4, 0.5) is 0 Å². The van der Waals surface area contributed by atoms with Gasteiger partial charge in [0.05, 0.1) is 12.2 Å². The van der Waals surface area contributed by atoms with Crippen LogP contribution in [0.1, 0.15) is 168 Å². The highest BCUT2D eigenvalue weighted by atomic mass is 16.5. The Kier molecular flexibility index (Phi) is 15.5. The molecule has 0 N–H and O–H groups in total. The second-order valence-electron chi connectivity index (χ2n) is 23.7. The Balaban J connectivity index is 1.56. The fourth-order valence-electron chi connectivity index (χ4n) is 9.78. The molecule has 0 fully saturated rings. The summed E-state index contributed by atoms with van der Waals surface area (Å²) in [4.78, 5) is 0. The predicted molar refractivity (Wildman–Crippen MR) is 285 cm³/mol. The molecule has 0 amide bonds. The van der Waals surface area contributed by atoms with E-state index in [0.29, 0.717) is 12.8 Å². The van der Waals surface area contributed by atoms with Crippen LogP contribution >= 0.6 is 0 Å². The standard InChI is InChI=1S/C64H82O3/c1-17-63(15,47-35-37-53(59(3,4)5)55(43-47)61(9,10)11)57(41-45-27-25-33-51(39-45)65-49-29-21-19-22-30-49)67-58(42-46-28-26-34-52(40-46)66-50-31-23-20-24-32-50)64(16,18-2)48-36-38-54(60(6,7)8)56(44-48)62(12,13)14/h19-40,43-44,57-58H,17-18,41-42H2,1-16H3. The summed E-state index contributed by atoms with van der Waals surface area (Å²) in [7, 11) is 0. The van der Waals surface area contributed by atoms with Gasteiger partial charge in [-0.05, 0) is 140 Å². The largest absolute Gasteiger partial charge is 0.457 e. The lowest BCUT2D eigenvalue weighted by Crippen LogP contribution is -2.48. The molecule has 0 spiro atoms. The van der Waals surface area contributed by atoms with E-state index in [4.69, 9.17) is 14.2 Å². The van der Waals surface area contributed by atoms with Crippen molar-refractivity contribution in [2.24, 2.45) is 0 Å².